The molecule has 0 radical (unpaired) electrons. The van der Waals surface area contributed by atoms with E-state index in [1.807, 2.05) is 26.0 Å². The molecular weight excluding hydrogens is 250 g/mol. The highest BCUT2D eigenvalue weighted by Crippen LogP contribution is 2.25. The second-order valence-electron chi connectivity index (χ2n) is 5.06. The zero-order chi connectivity index (χ0) is 14.5. The van der Waals surface area contributed by atoms with Crippen LogP contribution in [0.5, 0.6) is 5.75 Å². The van der Waals surface area contributed by atoms with Gasteiger partial charge in [0.05, 0.1) is 6.61 Å². The Morgan fingerprint density at radius 2 is 1.80 bits per heavy atom. The first-order valence-corrected chi connectivity index (χ1v) is 6.71. The van der Waals surface area contributed by atoms with Crippen molar-refractivity contribution in [2.75, 3.05) is 12.4 Å². The normalized spacial score (nSPS) is 10.6. The SMILES string of the molecule is COCc1cccc(CNc2cc(C)c(O)cc2C)c1. The van der Waals surface area contributed by atoms with Crippen molar-refractivity contribution in [1.29, 1.82) is 0 Å². The molecule has 2 N–H and O–H groups in total. The molecule has 0 atom stereocenters. The fraction of sp³-hybridized carbons (Fsp3) is 0.294. The van der Waals surface area contributed by atoms with E-state index in [-0.39, 0.29) is 0 Å². The van der Waals surface area contributed by atoms with Crippen molar-refractivity contribution in [2.24, 2.45) is 0 Å². The minimum atomic E-state index is 0.343. The monoisotopic (exact) mass is 271 g/mol. The molecule has 0 aliphatic heterocycles. The number of anilines is 1. The molecule has 0 spiro atoms. The average molecular weight is 271 g/mol. The second-order valence-corrected chi connectivity index (χ2v) is 5.06. The lowest BCUT2D eigenvalue weighted by molar-refractivity contribution is 0.185. The van der Waals surface area contributed by atoms with Crippen LogP contribution in [0.2, 0.25) is 0 Å². The van der Waals surface area contributed by atoms with Crippen LogP contribution < -0.4 is 5.32 Å². The van der Waals surface area contributed by atoms with Gasteiger partial charge in [-0.25, -0.2) is 0 Å². The molecule has 3 nitrogen and oxygen atoms in total. The lowest BCUT2D eigenvalue weighted by atomic mass is 10.1. The van der Waals surface area contributed by atoms with Crippen molar-refractivity contribution in [3.8, 4) is 5.75 Å². The first-order valence-electron chi connectivity index (χ1n) is 6.71. The van der Waals surface area contributed by atoms with E-state index in [0.29, 0.717) is 12.4 Å². The molecule has 0 unspecified atom stereocenters. The van der Waals surface area contributed by atoms with Gasteiger partial charge in [0.25, 0.3) is 0 Å². The van der Waals surface area contributed by atoms with Crippen molar-refractivity contribution < 1.29 is 9.84 Å². The molecule has 0 aliphatic rings. The predicted molar refractivity (Wildman–Crippen MR) is 82.1 cm³/mol. The standard InChI is InChI=1S/C17H21NO2/c1-12-8-17(19)13(2)7-16(12)18-10-14-5-4-6-15(9-14)11-20-3/h4-9,18-19H,10-11H2,1-3H3. The van der Waals surface area contributed by atoms with Gasteiger partial charge >= 0.3 is 0 Å². The molecule has 2 rings (SSSR count). The molecule has 2 aromatic carbocycles. The fourth-order valence-electron chi connectivity index (χ4n) is 2.18. The maximum absolute atomic E-state index is 9.66. The Morgan fingerprint density at radius 3 is 2.55 bits per heavy atom. The topological polar surface area (TPSA) is 41.5 Å². The van der Waals surface area contributed by atoms with E-state index in [4.69, 9.17) is 4.74 Å². The lowest BCUT2D eigenvalue weighted by Gasteiger charge is -2.12. The number of aryl methyl sites for hydroxylation is 2. The van der Waals surface area contributed by atoms with E-state index in [9.17, 15) is 5.11 Å². The van der Waals surface area contributed by atoms with Crippen LogP contribution in [0, 0.1) is 13.8 Å². The molecule has 0 heterocycles. The highest BCUT2D eigenvalue weighted by Gasteiger charge is 2.03. The molecule has 0 saturated heterocycles. The van der Waals surface area contributed by atoms with Crippen LogP contribution in [0.25, 0.3) is 0 Å². The van der Waals surface area contributed by atoms with Crippen LogP contribution in [0.15, 0.2) is 36.4 Å². The van der Waals surface area contributed by atoms with Crippen molar-refractivity contribution in [3.63, 3.8) is 0 Å². The van der Waals surface area contributed by atoms with Crippen LogP contribution in [0.1, 0.15) is 22.3 Å². The number of ether oxygens (including phenoxy) is 1. The summed E-state index contributed by atoms with van der Waals surface area (Å²) < 4.78 is 5.15. The van der Waals surface area contributed by atoms with Gasteiger partial charge in [-0.1, -0.05) is 24.3 Å². The van der Waals surface area contributed by atoms with Gasteiger partial charge in [0, 0.05) is 19.3 Å². The third kappa shape index (κ3) is 3.52. The number of phenolic OH excluding ortho intramolecular Hbond substituents is 1. The largest absolute Gasteiger partial charge is 0.508 e. The van der Waals surface area contributed by atoms with Crippen LogP contribution >= 0.6 is 0 Å². The minimum absolute atomic E-state index is 0.343. The van der Waals surface area contributed by atoms with Gasteiger partial charge in [0.1, 0.15) is 5.75 Å². The van der Waals surface area contributed by atoms with Gasteiger partial charge in [-0.05, 0) is 48.2 Å². The Bertz CT molecular complexity index is 594. The van der Waals surface area contributed by atoms with Gasteiger partial charge in [-0.3, -0.25) is 0 Å². The summed E-state index contributed by atoms with van der Waals surface area (Å²) in [6.45, 7) is 5.27. The molecule has 0 bridgehead atoms. The van der Waals surface area contributed by atoms with E-state index in [0.717, 1.165) is 23.4 Å². The molecule has 0 fully saturated rings. The maximum atomic E-state index is 9.66. The van der Waals surface area contributed by atoms with Gasteiger partial charge in [-0.2, -0.15) is 0 Å². The fourth-order valence-corrected chi connectivity index (χ4v) is 2.18. The molecule has 0 amide bonds. The Kier molecular flexibility index (Phi) is 4.64. The molecule has 0 saturated carbocycles. The maximum Gasteiger partial charge on any atom is 0.118 e. The third-order valence-electron chi connectivity index (χ3n) is 3.33. The van der Waals surface area contributed by atoms with Crippen molar-refractivity contribution in [3.05, 3.63) is 58.7 Å². The summed E-state index contributed by atoms with van der Waals surface area (Å²) in [7, 11) is 1.70. The molecule has 2 aromatic rings. The summed E-state index contributed by atoms with van der Waals surface area (Å²) in [5, 5.41) is 13.1. The van der Waals surface area contributed by atoms with Crippen molar-refractivity contribution in [1.82, 2.24) is 0 Å². The molecule has 0 aliphatic carbocycles. The smallest absolute Gasteiger partial charge is 0.118 e. The Balaban J connectivity index is 2.08. The summed E-state index contributed by atoms with van der Waals surface area (Å²) >= 11 is 0. The number of methoxy groups -OCH3 is 1. The first-order chi connectivity index (χ1) is 9.60. The predicted octanol–water partition coefficient (Wildman–Crippen LogP) is 3.77. The number of hydrogen-bond donors (Lipinski definition) is 2. The summed E-state index contributed by atoms with van der Waals surface area (Å²) in [4.78, 5) is 0. The Hall–Kier alpha value is -2.00. The third-order valence-corrected chi connectivity index (χ3v) is 3.33. The Morgan fingerprint density at radius 1 is 1.05 bits per heavy atom. The van der Waals surface area contributed by atoms with E-state index in [1.165, 1.54) is 11.1 Å². The van der Waals surface area contributed by atoms with Crippen LogP contribution in [0.4, 0.5) is 5.69 Å². The van der Waals surface area contributed by atoms with Crippen LogP contribution in [-0.4, -0.2) is 12.2 Å². The number of benzene rings is 2. The minimum Gasteiger partial charge on any atom is -0.508 e. The van der Waals surface area contributed by atoms with Gasteiger partial charge in [0.2, 0.25) is 0 Å². The Labute approximate surface area is 120 Å². The molecular formula is C17H21NO2. The highest BCUT2D eigenvalue weighted by molar-refractivity contribution is 5.56. The lowest BCUT2D eigenvalue weighted by Crippen LogP contribution is -2.02. The van der Waals surface area contributed by atoms with Crippen molar-refractivity contribution >= 4 is 5.69 Å². The van der Waals surface area contributed by atoms with Gasteiger partial charge < -0.3 is 15.2 Å². The van der Waals surface area contributed by atoms with E-state index in [1.54, 1.807) is 13.2 Å². The second kappa shape index (κ2) is 6.44. The average Bonchev–Trinajstić information content (AvgIpc) is 2.42. The van der Waals surface area contributed by atoms with E-state index in [2.05, 4.69) is 23.5 Å². The van der Waals surface area contributed by atoms with E-state index < -0.39 is 0 Å². The zero-order valence-electron chi connectivity index (χ0n) is 12.2. The van der Waals surface area contributed by atoms with Crippen LogP contribution in [-0.2, 0) is 17.9 Å². The highest BCUT2D eigenvalue weighted by atomic mass is 16.5. The van der Waals surface area contributed by atoms with Gasteiger partial charge in [-0.15, -0.1) is 0 Å². The zero-order valence-corrected chi connectivity index (χ0v) is 12.2. The molecule has 20 heavy (non-hydrogen) atoms. The summed E-state index contributed by atoms with van der Waals surface area (Å²) in [5.41, 5.74) is 5.36. The number of aromatic hydroxyl groups is 1. The first kappa shape index (κ1) is 14.4. The number of phenols is 1. The van der Waals surface area contributed by atoms with E-state index >= 15 is 0 Å². The molecule has 0 aromatic heterocycles. The summed E-state index contributed by atoms with van der Waals surface area (Å²) in [6, 6.07) is 12.1. The molecule has 3 heteroatoms. The van der Waals surface area contributed by atoms with Gasteiger partial charge in [0.15, 0.2) is 0 Å². The number of nitrogens with one attached hydrogen (secondary N) is 1. The quantitative estimate of drug-likeness (QED) is 0.813. The summed E-state index contributed by atoms with van der Waals surface area (Å²) in [5.74, 6) is 0.343. The summed E-state index contributed by atoms with van der Waals surface area (Å²) in [6.07, 6.45) is 0. The van der Waals surface area contributed by atoms with Crippen molar-refractivity contribution in [2.45, 2.75) is 27.0 Å². The van der Waals surface area contributed by atoms with Crippen LogP contribution in [0.3, 0.4) is 0 Å². The number of rotatable bonds is 5. The molecule has 106 valence electrons. The number of hydrogen-bond acceptors (Lipinski definition) is 3.